The largest absolute Gasteiger partial charge is 0.481 e. The molecule has 0 aromatic carbocycles. The first-order valence-corrected chi connectivity index (χ1v) is 11.9. The lowest BCUT2D eigenvalue weighted by molar-refractivity contribution is -0.137. The summed E-state index contributed by atoms with van der Waals surface area (Å²) in [6, 6.07) is 0. The van der Waals surface area contributed by atoms with Crippen LogP contribution in [0.1, 0.15) is 77.0 Å². The highest BCUT2D eigenvalue weighted by Crippen LogP contribution is 2.53. The predicted octanol–water partition coefficient (Wildman–Crippen LogP) is 5.07. The van der Waals surface area contributed by atoms with E-state index in [4.69, 9.17) is 16.7 Å². The van der Waals surface area contributed by atoms with Crippen LogP contribution < -0.4 is 0 Å². The van der Waals surface area contributed by atoms with Gasteiger partial charge in [0.2, 0.25) is 0 Å². The maximum Gasteiger partial charge on any atom is 0.303 e. The van der Waals surface area contributed by atoms with E-state index in [1.54, 1.807) is 0 Å². The van der Waals surface area contributed by atoms with Crippen LogP contribution in [0.4, 0.5) is 0 Å². The Morgan fingerprint density at radius 1 is 1.21 bits per heavy atom. The van der Waals surface area contributed by atoms with Gasteiger partial charge in [-0.25, -0.2) is 0 Å². The van der Waals surface area contributed by atoms with Crippen molar-refractivity contribution in [2.75, 3.05) is 0 Å². The third-order valence-corrected chi connectivity index (χ3v) is 7.87. The highest BCUT2D eigenvalue weighted by atomic mass is 35.5. The molecule has 4 nitrogen and oxygen atoms in total. The van der Waals surface area contributed by atoms with Crippen LogP contribution in [0.2, 0.25) is 0 Å². The minimum atomic E-state index is -0.758. The zero-order valence-electron chi connectivity index (χ0n) is 17.4. The Morgan fingerprint density at radius 3 is 2.59 bits per heavy atom. The molecule has 3 N–H and O–H groups in total. The zero-order chi connectivity index (χ0) is 20.9. The van der Waals surface area contributed by atoms with Gasteiger partial charge in [-0.2, -0.15) is 0 Å². The third kappa shape index (κ3) is 6.32. The van der Waals surface area contributed by atoms with Gasteiger partial charge in [-0.1, -0.05) is 43.6 Å². The molecule has 0 heterocycles. The molecule has 0 saturated heterocycles. The van der Waals surface area contributed by atoms with Crippen molar-refractivity contribution in [1.82, 2.24) is 0 Å². The minimum Gasteiger partial charge on any atom is -0.481 e. The number of carbonyl (C=O) groups is 1. The summed E-state index contributed by atoms with van der Waals surface area (Å²) < 4.78 is 0. The van der Waals surface area contributed by atoms with Gasteiger partial charge in [0, 0.05) is 17.7 Å². The SMILES string of the molecule is O=C(O)CCC/C=C\C[C@@H]1[C@@H](/C=C/CC(O)C2(CC3CC3)CCC2)[C@H](O)C[C@@H]1Cl. The van der Waals surface area contributed by atoms with E-state index in [0.717, 1.165) is 31.6 Å². The van der Waals surface area contributed by atoms with Crippen molar-refractivity contribution in [1.29, 1.82) is 0 Å². The van der Waals surface area contributed by atoms with Crippen molar-refractivity contribution in [3.63, 3.8) is 0 Å². The van der Waals surface area contributed by atoms with Gasteiger partial charge in [0.15, 0.2) is 0 Å². The van der Waals surface area contributed by atoms with Gasteiger partial charge in [-0.05, 0) is 68.6 Å². The number of alkyl halides is 1. The molecule has 0 aliphatic heterocycles. The van der Waals surface area contributed by atoms with Crippen LogP contribution in [-0.4, -0.2) is 38.9 Å². The van der Waals surface area contributed by atoms with Crippen molar-refractivity contribution in [3.8, 4) is 0 Å². The summed E-state index contributed by atoms with van der Waals surface area (Å²) in [7, 11) is 0. The van der Waals surface area contributed by atoms with Crippen LogP contribution in [0.3, 0.4) is 0 Å². The number of hydrogen-bond donors (Lipinski definition) is 3. The molecule has 5 heteroatoms. The van der Waals surface area contributed by atoms with E-state index in [1.165, 1.54) is 25.7 Å². The summed E-state index contributed by atoms with van der Waals surface area (Å²) >= 11 is 6.50. The second kappa shape index (κ2) is 10.5. The number of allylic oxidation sites excluding steroid dienone is 2. The third-order valence-electron chi connectivity index (χ3n) is 7.37. The molecule has 0 aromatic heterocycles. The first-order chi connectivity index (χ1) is 13.9. The highest BCUT2D eigenvalue weighted by Gasteiger charge is 2.46. The monoisotopic (exact) mass is 424 g/mol. The standard InChI is InChI=1S/C24H37ClO4/c25-20-15-21(26)19(18(20)7-3-1-2-4-10-23(28)29)8-5-9-22(27)24(13-6-14-24)16-17-11-12-17/h1,3,5,8,17-22,26-27H,2,4,6-7,9-16H2,(H,28,29)/b3-1-,8-5+/t18-,19-,20+,21-,22?/m1/s1. The molecule has 1 unspecified atom stereocenters. The first-order valence-electron chi connectivity index (χ1n) is 11.4. The number of rotatable bonds is 12. The number of aliphatic hydroxyl groups is 2. The topological polar surface area (TPSA) is 77.8 Å². The first kappa shape index (κ1) is 22.8. The van der Waals surface area contributed by atoms with Crippen molar-refractivity contribution in [2.24, 2.45) is 23.2 Å². The zero-order valence-corrected chi connectivity index (χ0v) is 18.1. The van der Waals surface area contributed by atoms with Crippen LogP contribution in [0.25, 0.3) is 0 Å². The number of aliphatic hydroxyl groups excluding tert-OH is 2. The number of carboxylic acid groups (broad SMARTS) is 1. The minimum absolute atomic E-state index is 0.0224. The second-order valence-electron chi connectivity index (χ2n) is 9.60. The molecule has 0 spiro atoms. The van der Waals surface area contributed by atoms with E-state index < -0.39 is 12.1 Å². The summed E-state index contributed by atoms with van der Waals surface area (Å²) in [5, 5.41) is 29.9. The van der Waals surface area contributed by atoms with Gasteiger partial charge >= 0.3 is 5.97 Å². The lowest BCUT2D eigenvalue weighted by atomic mass is 9.61. The smallest absolute Gasteiger partial charge is 0.303 e. The average Bonchev–Trinajstić information content (AvgIpc) is 3.41. The van der Waals surface area contributed by atoms with Gasteiger partial charge in [-0.15, -0.1) is 11.6 Å². The number of carboxylic acids is 1. The van der Waals surface area contributed by atoms with Gasteiger partial charge < -0.3 is 15.3 Å². The van der Waals surface area contributed by atoms with E-state index in [9.17, 15) is 15.0 Å². The number of unbranched alkanes of at least 4 members (excludes halogenated alkanes) is 1. The highest BCUT2D eigenvalue weighted by molar-refractivity contribution is 6.21. The van der Waals surface area contributed by atoms with Crippen LogP contribution in [-0.2, 0) is 4.79 Å². The summed E-state index contributed by atoms with van der Waals surface area (Å²) in [5.74, 6) is 0.287. The summed E-state index contributed by atoms with van der Waals surface area (Å²) in [4.78, 5) is 10.6. The normalized spacial score (nSPS) is 32.7. The Hall–Kier alpha value is -0.840. The molecule has 0 radical (unpaired) electrons. The van der Waals surface area contributed by atoms with Crippen LogP contribution >= 0.6 is 11.6 Å². The van der Waals surface area contributed by atoms with Crippen LogP contribution in [0.15, 0.2) is 24.3 Å². The van der Waals surface area contributed by atoms with Crippen LogP contribution in [0.5, 0.6) is 0 Å². The number of halogens is 1. The van der Waals surface area contributed by atoms with Gasteiger partial charge in [0.25, 0.3) is 0 Å². The maximum absolute atomic E-state index is 10.8. The maximum atomic E-state index is 10.8. The quantitative estimate of drug-likeness (QED) is 0.232. The molecule has 3 rings (SSSR count). The molecular formula is C24H37ClO4. The van der Waals surface area contributed by atoms with Gasteiger partial charge in [0.05, 0.1) is 12.2 Å². The molecular weight excluding hydrogens is 388 g/mol. The van der Waals surface area contributed by atoms with E-state index in [0.29, 0.717) is 19.3 Å². The van der Waals surface area contributed by atoms with E-state index in [-0.39, 0.29) is 35.2 Å². The van der Waals surface area contributed by atoms with Gasteiger partial charge in [-0.3, -0.25) is 4.79 Å². The van der Waals surface area contributed by atoms with E-state index >= 15 is 0 Å². The van der Waals surface area contributed by atoms with E-state index in [2.05, 4.69) is 18.2 Å². The fourth-order valence-electron chi connectivity index (χ4n) is 5.22. The Kier molecular flexibility index (Phi) is 8.23. The molecule has 3 fully saturated rings. The lowest BCUT2D eigenvalue weighted by Crippen LogP contribution is -2.41. The molecule has 5 atom stereocenters. The summed E-state index contributed by atoms with van der Waals surface area (Å²) in [6.07, 6.45) is 18.6. The Balaban J connectivity index is 1.47. The van der Waals surface area contributed by atoms with Crippen molar-refractivity contribution in [2.45, 2.75) is 94.6 Å². The molecule has 3 aliphatic rings. The fraction of sp³-hybridized carbons (Fsp3) is 0.792. The molecule has 3 aliphatic carbocycles. The predicted molar refractivity (Wildman–Crippen MR) is 116 cm³/mol. The second-order valence-corrected chi connectivity index (χ2v) is 10.2. The van der Waals surface area contributed by atoms with Crippen molar-refractivity contribution in [3.05, 3.63) is 24.3 Å². The Morgan fingerprint density at radius 2 is 1.97 bits per heavy atom. The summed E-state index contributed by atoms with van der Waals surface area (Å²) in [5.41, 5.74) is 0.146. The Bertz CT molecular complexity index is 594. The molecule has 0 bridgehead atoms. The Labute approximate surface area is 180 Å². The number of hydrogen-bond acceptors (Lipinski definition) is 3. The average molecular weight is 425 g/mol. The molecule has 0 amide bonds. The van der Waals surface area contributed by atoms with Crippen molar-refractivity contribution >= 4 is 17.6 Å². The molecule has 29 heavy (non-hydrogen) atoms. The summed E-state index contributed by atoms with van der Waals surface area (Å²) in [6.45, 7) is 0. The fourth-order valence-corrected chi connectivity index (χ4v) is 5.68. The molecule has 164 valence electrons. The van der Waals surface area contributed by atoms with Crippen LogP contribution in [0, 0.1) is 23.2 Å². The lowest BCUT2D eigenvalue weighted by Gasteiger charge is -2.46. The van der Waals surface area contributed by atoms with Crippen molar-refractivity contribution < 1.29 is 20.1 Å². The number of aliphatic carboxylic acids is 1. The van der Waals surface area contributed by atoms with E-state index in [1.807, 2.05) is 6.08 Å². The molecule has 3 saturated carbocycles. The van der Waals surface area contributed by atoms with Gasteiger partial charge in [0.1, 0.15) is 0 Å². The molecule has 0 aromatic rings.